The molecule has 0 atom stereocenters. The zero-order valence-electron chi connectivity index (χ0n) is 19.3. The molecule has 0 saturated heterocycles. The topological polar surface area (TPSA) is 26.3 Å². The van der Waals surface area contributed by atoms with E-state index in [1.54, 1.807) is 6.08 Å². The van der Waals surface area contributed by atoms with Gasteiger partial charge < -0.3 is 4.74 Å². The summed E-state index contributed by atoms with van der Waals surface area (Å²) in [6.07, 6.45) is 39.8. The molecule has 0 amide bonds. The molecule has 2 heteroatoms. The van der Waals surface area contributed by atoms with Crippen molar-refractivity contribution in [3.05, 3.63) is 96.9 Å². The zero-order chi connectivity index (χ0) is 22.4. The minimum atomic E-state index is -0.220. The number of carbonyl (C=O) groups excluding carboxylic acids is 1. The standard InChI is InChI=1S/C29H40O2/c1-3-4-5-6-7-8-9-10-11-12-13-14-15-16-17-18-19-20-21-22-23-24-25-28-26-27(2)31-29(28)30/h4-5,7-8,10-11,13-14,16-17,19-20,26H,2-3,6,9,12,15,18,21-25H2,1H3/b5-4-,8-7-,11-10-,14-13-,17-16-,20-19-. The molecule has 0 radical (unpaired) electrons. The summed E-state index contributed by atoms with van der Waals surface area (Å²) >= 11 is 0. The molecule has 0 aliphatic carbocycles. The highest BCUT2D eigenvalue weighted by Crippen LogP contribution is 2.20. The monoisotopic (exact) mass is 420 g/mol. The van der Waals surface area contributed by atoms with Gasteiger partial charge in [-0.1, -0.05) is 92.8 Å². The number of esters is 1. The van der Waals surface area contributed by atoms with Crippen molar-refractivity contribution in [2.45, 2.75) is 77.6 Å². The first-order chi connectivity index (χ1) is 15.2. The number of hydrogen-bond acceptors (Lipinski definition) is 2. The second-order valence-electron chi connectivity index (χ2n) is 7.54. The number of unbranched alkanes of at least 4 members (excludes halogenated alkanes) is 3. The lowest BCUT2D eigenvalue weighted by molar-refractivity contribution is -0.133. The number of cyclic esters (lactones) is 1. The third-order valence-electron chi connectivity index (χ3n) is 4.73. The van der Waals surface area contributed by atoms with E-state index in [1.807, 2.05) is 0 Å². The van der Waals surface area contributed by atoms with Crippen LogP contribution in [0.25, 0.3) is 0 Å². The Bertz CT molecular complexity index is 711. The summed E-state index contributed by atoms with van der Waals surface area (Å²) in [6.45, 7) is 5.81. The Balaban J connectivity index is 1.92. The highest BCUT2D eigenvalue weighted by molar-refractivity contribution is 5.92. The number of allylic oxidation sites excluding steroid dienone is 13. The van der Waals surface area contributed by atoms with E-state index >= 15 is 0 Å². The summed E-state index contributed by atoms with van der Waals surface area (Å²) in [5.74, 6) is 0.250. The maximum atomic E-state index is 11.5. The summed E-state index contributed by atoms with van der Waals surface area (Å²) in [7, 11) is 0. The van der Waals surface area contributed by atoms with Gasteiger partial charge in [-0.05, 0) is 70.3 Å². The van der Waals surface area contributed by atoms with Crippen LogP contribution in [0.3, 0.4) is 0 Å². The van der Waals surface area contributed by atoms with Crippen LogP contribution >= 0.6 is 0 Å². The van der Waals surface area contributed by atoms with E-state index < -0.39 is 0 Å². The first-order valence-corrected chi connectivity index (χ1v) is 11.8. The fourth-order valence-electron chi connectivity index (χ4n) is 3.04. The molecule has 1 heterocycles. The molecule has 0 aromatic carbocycles. The lowest BCUT2D eigenvalue weighted by Crippen LogP contribution is -1.98. The zero-order valence-corrected chi connectivity index (χ0v) is 19.3. The van der Waals surface area contributed by atoms with Crippen molar-refractivity contribution in [3.8, 4) is 0 Å². The molecule has 0 fully saturated rings. The Kier molecular flexibility index (Phi) is 16.5. The minimum Gasteiger partial charge on any atom is -0.424 e. The Labute approximate surface area is 190 Å². The van der Waals surface area contributed by atoms with Crippen LogP contribution in [-0.2, 0) is 9.53 Å². The van der Waals surface area contributed by atoms with Crippen molar-refractivity contribution in [1.82, 2.24) is 0 Å². The third kappa shape index (κ3) is 15.8. The van der Waals surface area contributed by atoms with Gasteiger partial charge in [0.1, 0.15) is 5.76 Å². The molecule has 0 N–H and O–H groups in total. The van der Waals surface area contributed by atoms with Crippen molar-refractivity contribution in [1.29, 1.82) is 0 Å². The Morgan fingerprint density at radius 3 is 1.65 bits per heavy atom. The average molecular weight is 421 g/mol. The van der Waals surface area contributed by atoms with Gasteiger partial charge in [0.25, 0.3) is 0 Å². The van der Waals surface area contributed by atoms with Crippen molar-refractivity contribution in [2.75, 3.05) is 0 Å². The minimum absolute atomic E-state index is 0.220. The van der Waals surface area contributed by atoms with Crippen LogP contribution in [0.2, 0.25) is 0 Å². The van der Waals surface area contributed by atoms with E-state index in [2.05, 4.69) is 86.4 Å². The molecule has 0 unspecified atom stereocenters. The van der Waals surface area contributed by atoms with Crippen LogP contribution in [0.5, 0.6) is 0 Å². The van der Waals surface area contributed by atoms with Crippen LogP contribution in [-0.4, -0.2) is 5.97 Å². The van der Waals surface area contributed by atoms with Crippen LogP contribution in [0.15, 0.2) is 96.9 Å². The van der Waals surface area contributed by atoms with Crippen molar-refractivity contribution in [2.24, 2.45) is 0 Å². The van der Waals surface area contributed by atoms with Gasteiger partial charge in [-0.15, -0.1) is 0 Å². The van der Waals surface area contributed by atoms with E-state index in [-0.39, 0.29) is 5.97 Å². The van der Waals surface area contributed by atoms with Gasteiger partial charge >= 0.3 is 5.97 Å². The lowest BCUT2D eigenvalue weighted by Gasteiger charge is -1.99. The fourth-order valence-corrected chi connectivity index (χ4v) is 3.04. The maximum Gasteiger partial charge on any atom is 0.339 e. The molecule has 168 valence electrons. The summed E-state index contributed by atoms with van der Waals surface area (Å²) in [6, 6.07) is 0. The first kappa shape index (κ1) is 26.4. The van der Waals surface area contributed by atoms with Crippen LogP contribution in [0, 0.1) is 0 Å². The fraction of sp³-hybridized carbons (Fsp3) is 0.414. The predicted molar refractivity (Wildman–Crippen MR) is 135 cm³/mol. The van der Waals surface area contributed by atoms with Gasteiger partial charge in [-0.25, -0.2) is 4.79 Å². The van der Waals surface area contributed by atoms with Crippen molar-refractivity contribution in [3.63, 3.8) is 0 Å². The highest BCUT2D eigenvalue weighted by Gasteiger charge is 2.18. The highest BCUT2D eigenvalue weighted by atomic mass is 16.5. The molecular weight excluding hydrogens is 380 g/mol. The Morgan fingerprint density at radius 2 is 1.19 bits per heavy atom. The summed E-state index contributed by atoms with van der Waals surface area (Å²) in [5, 5.41) is 0. The lowest BCUT2D eigenvalue weighted by atomic mass is 10.1. The second kappa shape index (κ2) is 19.4. The molecule has 0 aromatic heterocycles. The van der Waals surface area contributed by atoms with E-state index in [1.165, 1.54) is 0 Å². The summed E-state index contributed by atoms with van der Waals surface area (Å²) in [4.78, 5) is 11.5. The predicted octanol–water partition coefficient (Wildman–Crippen LogP) is 8.63. The van der Waals surface area contributed by atoms with Crippen LogP contribution in [0.4, 0.5) is 0 Å². The van der Waals surface area contributed by atoms with Gasteiger partial charge in [0.15, 0.2) is 0 Å². The smallest absolute Gasteiger partial charge is 0.339 e. The molecule has 1 aliphatic heterocycles. The average Bonchev–Trinajstić information content (AvgIpc) is 3.08. The van der Waals surface area contributed by atoms with E-state index in [0.29, 0.717) is 5.76 Å². The Morgan fingerprint density at radius 1 is 0.710 bits per heavy atom. The normalized spacial score (nSPS) is 15.2. The second-order valence-corrected chi connectivity index (χ2v) is 7.54. The van der Waals surface area contributed by atoms with Crippen molar-refractivity contribution < 1.29 is 9.53 Å². The largest absolute Gasteiger partial charge is 0.424 e. The van der Waals surface area contributed by atoms with Gasteiger partial charge in [0.2, 0.25) is 0 Å². The van der Waals surface area contributed by atoms with Gasteiger partial charge in [-0.3, -0.25) is 0 Å². The molecule has 0 spiro atoms. The molecule has 2 nitrogen and oxygen atoms in total. The number of carbonyl (C=O) groups is 1. The van der Waals surface area contributed by atoms with Gasteiger partial charge in [-0.2, -0.15) is 0 Å². The van der Waals surface area contributed by atoms with E-state index in [0.717, 1.165) is 76.2 Å². The molecule has 0 aromatic rings. The van der Waals surface area contributed by atoms with E-state index in [4.69, 9.17) is 4.74 Å². The first-order valence-electron chi connectivity index (χ1n) is 11.8. The van der Waals surface area contributed by atoms with Crippen LogP contribution in [0.1, 0.15) is 77.6 Å². The number of hydrogen-bond donors (Lipinski definition) is 0. The van der Waals surface area contributed by atoms with Crippen molar-refractivity contribution >= 4 is 5.97 Å². The van der Waals surface area contributed by atoms with E-state index in [9.17, 15) is 4.79 Å². The molecule has 0 saturated carbocycles. The van der Waals surface area contributed by atoms with Gasteiger partial charge in [0, 0.05) is 5.57 Å². The molecule has 0 bridgehead atoms. The number of ether oxygens (including phenoxy) is 1. The third-order valence-corrected chi connectivity index (χ3v) is 4.73. The maximum absolute atomic E-state index is 11.5. The summed E-state index contributed by atoms with van der Waals surface area (Å²) < 4.78 is 4.92. The Hall–Kier alpha value is -2.61. The number of rotatable bonds is 17. The van der Waals surface area contributed by atoms with Gasteiger partial charge in [0.05, 0.1) is 0 Å². The van der Waals surface area contributed by atoms with Crippen LogP contribution < -0.4 is 0 Å². The molecule has 1 rings (SSSR count). The molecule has 31 heavy (non-hydrogen) atoms. The quantitative estimate of drug-likeness (QED) is 0.134. The summed E-state index contributed by atoms with van der Waals surface area (Å²) in [5.41, 5.74) is 0.763. The SMILES string of the molecule is C=C1C=C(CCCCC/C=C\C/C=C\C/C=C\C/C=C\C/C=C\C/C=C\CC)C(=O)O1. The molecular formula is C29H40O2. The molecule has 1 aliphatic rings.